The fourth-order valence-corrected chi connectivity index (χ4v) is 5.30. The second kappa shape index (κ2) is 9.00. The molecule has 29 heavy (non-hydrogen) atoms. The highest BCUT2D eigenvalue weighted by Crippen LogP contribution is 2.41. The molecule has 1 atom stereocenters. The van der Waals surface area contributed by atoms with E-state index in [0.29, 0.717) is 11.9 Å². The summed E-state index contributed by atoms with van der Waals surface area (Å²) in [5, 5.41) is 3.30. The maximum absolute atomic E-state index is 13.1. The van der Waals surface area contributed by atoms with E-state index in [9.17, 15) is 9.18 Å². The topological polar surface area (TPSA) is 38.8 Å². The van der Waals surface area contributed by atoms with Gasteiger partial charge in [0.05, 0.1) is 5.41 Å². The van der Waals surface area contributed by atoms with Gasteiger partial charge >= 0.3 is 0 Å². The minimum atomic E-state index is -0.177. The summed E-state index contributed by atoms with van der Waals surface area (Å²) in [5.74, 6) is 0.134. The van der Waals surface area contributed by atoms with Gasteiger partial charge in [-0.3, -0.25) is 9.69 Å². The molecular formula is C23H35FN4O. The number of amides is 1. The lowest BCUT2D eigenvalue weighted by molar-refractivity contribution is -0.130. The molecule has 1 N–H and O–H groups in total. The summed E-state index contributed by atoms with van der Waals surface area (Å²) in [6, 6.07) is 7.17. The van der Waals surface area contributed by atoms with E-state index in [4.69, 9.17) is 0 Å². The van der Waals surface area contributed by atoms with Gasteiger partial charge in [-0.05, 0) is 82.5 Å². The Morgan fingerprint density at radius 2 is 1.72 bits per heavy atom. The van der Waals surface area contributed by atoms with Crippen molar-refractivity contribution in [1.29, 1.82) is 0 Å². The van der Waals surface area contributed by atoms with Crippen LogP contribution in [0.4, 0.5) is 10.1 Å². The number of nitrogens with one attached hydrogen (secondary N) is 1. The second-order valence-corrected chi connectivity index (χ2v) is 9.04. The Balaban J connectivity index is 1.17. The Bertz CT molecular complexity index is 679. The molecule has 3 aliphatic heterocycles. The van der Waals surface area contributed by atoms with Gasteiger partial charge in [0.15, 0.2) is 0 Å². The van der Waals surface area contributed by atoms with Crippen molar-refractivity contribution >= 4 is 11.6 Å². The van der Waals surface area contributed by atoms with Crippen molar-refractivity contribution in [3.8, 4) is 0 Å². The summed E-state index contributed by atoms with van der Waals surface area (Å²) in [6.45, 7) is 10.6. The van der Waals surface area contributed by atoms with E-state index in [1.165, 1.54) is 12.1 Å². The van der Waals surface area contributed by atoms with Crippen molar-refractivity contribution in [2.75, 3.05) is 57.3 Å². The molecule has 4 rings (SSSR count). The van der Waals surface area contributed by atoms with Gasteiger partial charge in [0.25, 0.3) is 0 Å². The van der Waals surface area contributed by atoms with Gasteiger partial charge in [0.2, 0.25) is 5.91 Å². The fraction of sp³-hybridized carbons (Fsp3) is 0.696. The van der Waals surface area contributed by atoms with E-state index >= 15 is 0 Å². The molecule has 160 valence electrons. The average Bonchev–Trinajstić information content (AvgIpc) is 3.04. The van der Waals surface area contributed by atoms with Crippen LogP contribution in [0.1, 0.15) is 39.0 Å². The van der Waals surface area contributed by atoms with Crippen molar-refractivity contribution in [3.63, 3.8) is 0 Å². The Morgan fingerprint density at radius 1 is 1.03 bits per heavy atom. The summed E-state index contributed by atoms with van der Waals surface area (Å²) in [5.41, 5.74) is 1.02. The van der Waals surface area contributed by atoms with E-state index in [1.54, 1.807) is 0 Å². The minimum absolute atomic E-state index is 0.0862. The van der Waals surface area contributed by atoms with Crippen molar-refractivity contribution in [1.82, 2.24) is 15.1 Å². The van der Waals surface area contributed by atoms with Gasteiger partial charge in [-0.25, -0.2) is 4.39 Å². The Kier molecular flexibility index (Phi) is 6.40. The van der Waals surface area contributed by atoms with Crippen LogP contribution < -0.4 is 10.2 Å². The van der Waals surface area contributed by atoms with E-state index in [0.717, 1.165) is 90.1 Å². The molecule has 1 aromatic carbocycles. The number of anilines is 1. The van der Waals surface area contributed by atoms with E-state index < -0.39 is 0 Å². The van der Waals surface area contributed by atoms with Crippen LogP contribution in [0.25, 0.3) is 0 Å². The van der Waals surface area contributed by atoms with E-state index in [2.05, 4.69) is 26.9 Å². The molecule has 0 unspecified atom stereocenters. The van der Waals surface area contributed by atoms with Gasteiger partial charge in [-0.2, -0.15) is 0 Å². The number of nitrogens with zero attached hydrogens (tertiary/aromatic N) is 3. The standard InChI is InChI=1S/C23H35FN4O/c1-2-26-12-9-23(10-13-26)18-20(25-22(23)29)4-3-11-27-14-16-28(17-15-27)21-7-5-19(24)6-8-21/h5-8,20H,2-4,9-18H2,1H3,(H,25,29)/t20-/m0/s1. The van der Waals surface area contributed by atoms with Gasteiger partial charge in [-0.15, -0.1) is 0 Å². The molecule has 1 amide bonds. The van der Waals surface area contributed by atoms with Gasteiger partial charge in [-0.1, -0.05) is 6.92 Å². The van der Waals surface area contributed by atoms with Crippen molar-refractivity contribution in [2.24, 2.45) is 5.41 Å². The number of piperidine rings is 1. The number of piperazine rings is 1. The summed E-state index contributed by atoms with van der Waals surface area (Å²) >= 11 is 0. The lowest BCUT2D eigenvalue weighted by Gasteiger charge is -2.37. The van der Waals surface area contributed by atoms with Crippen LogP contribution in [-0.2, 0) is 4.79 Å². The molecule has 0 saturated carbocycles. The van der Waals surface area contributed by atoms with Crippen LogP contribution in [0, 0.1) is 11.2 Å². The fourth-order valence-electron chi connectivity index (χ4n) is 5.30. The van der Waals surface area contributed by atoms with Crippen LogP contribution in [0.2, 0.25) is 0 Å². The average molecular weight is 403 g/mol. The minimum Gasteiger partial charge on any atom is -0.369 e. The number of carbonyl (C=O) groups excluding carboxylic acids is 1. The molecule has 1 spiro atoms. The van der Waals surface area contributed by atoms with Crippen LogP contribution in [-0.4, -0.2) is 74.1 Å². The van der Waals surface area contributed by atoms with Crippen LogP contribution >= 0.6 is 0 Å². The number of hydrogen-bond acceptors (Lipinski definition) is 4. The monoisotopic (exact) mass is 402 g/mol. The molecular weight excluding hydrogens is 367 g/mol. The predicted molar refractivity (Wildman–Crippen MR) is 115 cm³/mol. The SMILES string of the molecule is CCN1CCC2(CC1)C[C@H](CCCN1CCN(c3ccc(F)cc3)CC1)NC2=O. The number of benzene rings is 1. The second-order valence-electron chi connectivity index (χ2n) is 9.04. The van der Waals surface area contributed by atoms with Gasteiger partial charge < -0.3 is 15.1 Å². The molecule has 6 heteroatoms. The highest BCUT2D eigenvalue weighted by molar-refractivity contribution is 5.85. The summed E-state index contributed by atoms with van der Waals surface area (Å²) < 4.78 is 13.1. The summed E-state index contributed by atoms with van der Waals surface area (Å²) in [4.78, 5) is 20.0. The maximum atomic E-state index is 13.1. The summed E-state index contributed by atoms with van der Waals surface area (Å²) in [6.07, 6.45) is 5.30. The molecule has 3 saturated heterocycles. The van der Waals surface area contributed by atoms with Crippen molar-refractivity contribution < 1.29 is 9.18 Å². The number of halogens is 1. The molecule has 3 heterocycles. The van der Waals surface area contributed by atoms with Crippen LogP contribution in [0.3, 0.4) is 0 Å². The Morgan fingerprint density at radius 3 is 2.38 bits per heavy atom. The Labute approximate surface area is 174 Å². The van der Waals surface area contributed by atoms with Gasteiger partial charge in [0, 0.05) is 37.9 Å². The smallest absolute Gasteiger partial charge is 0.226 e. The molecule has 0 aliphatic carbocycles. The molecule has 3 aliphatic rings. The molecule has 0 bridgehead atoms. The van der Waals surface area contributed by atoms with Gasteiger partial charge in [0.1, 0.15) is 5.82 Å². The third-order valence-electron chi connectivity index (χ3n) is 7.31. The number of carbonyl (C=O) groups is 1. The summed E-state index contributed by atoms with van der Waals surface area (Å²) in [7, 11) is 0. The van der Waals surface area contributed by atoms with Crippen molar-refractivity contribution in [3.05, 3.63) is 30.1 Å². The predicted octanol–water partition coefficient (Wildman–Crippen LogP) is 2.72. The lowest BCUT2D eigenvalue weighted by atomic mass is 9.75. The number of rotatable bonds is 6. The first-order valence-electron chi connectivity index (χ1n) is 11.3. The highest BCUT2D eigenvalue weighted by atomic mass is 19.1. The maximum Gasteiger partial charge on any atom is 0.226 e. The molecule has 0 aromatic heterocycles. The zero-order valence-electron chi connectivity index (χ0n) is 17.7. The molecule has 1 aromatic rings. The first-order chi connectivity index (χ1) is 14.1. The molecule has 3 fully saturated rings. The first kappa shape index (κ1) is 20.6. The molecule has 5 nitrogen and oxygen atoms in total. The highest BCUT2D eigenvalue weighted by Gasteiger charge is 2.47. The largest absolute Gasteiger partial charge is 0.369 e. The van der Waals surface area contributed by atoms with Crippen LogP contribution in [0.15, 0.2) is 24.3 Å². The van der Waals surface area contributed by atoms with Crippen molar-refractivity contribution in [2.45, 2.75) is 45.1 Å². The van der Waals surface area contributed by atoms with E-state index in [1.807, 2.05) is 12.1 Å². The van der Waals surface area contributed by atoms with Crippen LogP contribution in [0.5, 0.6) is 0 Å². The first-order valence-corrected chi connectivity index (χ1v) is 11.3. The number of likely N-dealkylation sites (tertiary alicyclic amines) is 1. The van der Waals surface area contributed by atoms with E-state index in [-0.39, 0.29) is 11.2 Å². The lowest BCUT2D eigenvalue weighted by Crippen LogP contribution is -2.46. The third-order valence-corrected chi connectivity index (χ3v) is 7.31. The third kappa shape index (κ3) is 4.75. The zero-order chi connectivity index (χ0) is 20.3. The molecule has 0 radical (unpaired) electrons. The normalized spacial score (nSPS) is 25.5. The Hall–Kier alpha value is -1.66. The zero-order valence-corrected chi connectivity index (χ0v) is 17.7. The quantitative estimate of drug-likeness (QED) is 0.794. The number of hydrogen-bond donors (Lipinski definition) is 1.